The van der Waals surface area contributed by atoms with E-state index in [0.717, 1.165) is 4.90 Å². The van der Waals surface area contributed by atoms with Crippen molar-refractivity contribution in [2.24, 2.45) is 0 Å². The number of amides is 3. The largest absolute Gasteiger partial charge is 0.336 e. The number of urea groups is 1. The minimum Gasteiger partial charge on any atom is -0.287 e. The van der Waals surface area contributed by atoms with Crippen molar-refractivity contribution in [1.29, 1.82) is 0 Å². The van der Waals surface area contributed by atoms with Gasteiger partial charge in [0.1, 0.15) is 5.70 Å². The smallest absolute Gasteiger partial charge is 0.287 e. The molecule has 1 aromatic carbocycles. The zero-order valence-corrected chi connectivity index (χ0v) is 11.2. The summed E-state index contributed by atoms with van der Waals surface area (Å²) in [5, 5.41) is 1.51. The molecule has 1 aromatic rings. The number of rotatable bonds is 1. The van der Waals surface area contributed by atoms with Gasteiger partial charge in [0.25, 0.3) is 5.91 Å². The van der Waals surface area contributed by atoms with Gasteiger partial charge in [-0.3, -0.25) is 9.69 Å². The van der Waals surface area contributed by atoms with Crippen LogP contribution in [0.2, 0.25) is 5.02 Å². The Labute approximate surface area is 117 Å². The van der Waals surface area contributed by atoms with E-state index in [4.69, 9.17) is 11.6 Å². The van der Waals surface area contributed by atoms with Crippen LogP contribution in [-0.2, 0) is 4.79 Å². The molecular weight excluding hydrogens is 291 g/mol. The lowest BCUT2D eigenvalue weighted by molar-refractivity contribution is -0.114. The van der Waals surface area contributed by atoms with Gasteiger partial charge in [-0.05, 0) is 12.1 Å². The van der Waals surface area contributed by atoms with Gasteiger partial charge in [0.05, 0.1) is 10.7 Å². The summed E-state index contributed by atoms with van der Waals surface area (Å²) >= 11 is 7.14. The minimum atomic E-state index is -0.765. The lowest BCUT2D eigenvalue weighted by Gasteiger charge is -2.19. The van der Waals surface area contributed by atoms with Crippen molar-refractivity contribution in [1.82, 2.24) is 4.90 Å². The number of nitrogens with zero attached hydrogens (tertiary/aromatic N) is 2. The van der Waals surface area contributed by atoms with Crippen LogP contribution in [0.15, 0.2) is 29.3 Å². The van der Waals surface area contributed by atoms with Crippen molar-refractivity contribution in [3.63, 3.8) is 0 Å². The van der Waals surface area contributed by atoms with Crippen LogP contribution in [0.4, 0.5) is 14.9 Å². The molecule has 0 spiro atoms. The molecule has 0 radical (unpaired) electrons. The van der Waals surface area contributed by atoms with Crippen molar-refractivity contribution in [3.05, 3.63) is 40.1 Å². The first-order chi connectivity index (χ1) is 9.11. The zero-order valence-electron chi connectivity index (χ0n) is 9.60. The van der Waals surface area contributed by atoms with Gasteiger partial charge in [0, 0.05) is 17.7 Å². The van der Waals surface area contributed by atoms with Crippen LogP contribution in [0, 0.1) is 5.82 Å². The first-order valence-corrected chi connectivity index (χ1v) is 6.95. The highest BCUT2D eigenvalue weighted by atomic mass is 35.5. The summed E-state index contributed by atoms with van der Waals surface area (Å²) in [6.07, 6.45) is 0. The predicted octanol–water partition coefficient (Wildman–Crippen LogP) is 2.84. The normalized spacial score (nSPS) is 18.7. The number of hydrogen-bond donors (Lipinski definition) is 0. The highest BCUT2D eigenvalue weighted by Gasteiger charge is 2.43. The van der Waals surface area contributed by atoms with E-state index in [9.17, 15) is 14.0 Å². The molecule has 0 saturated carbocycles. The number of thioether (sulfide) groups is 1. The van der Waals surface area contributed by atoms with Crippen LogP contribution in [0.5, 0.6) is 0 Å². The number of fused-ring (bicyclic) bond motifs is 1. The second-order valence-electron chi connectivity index (χ2n) is 4.02. The fourth-order valence-corrected chi connectivity index (χ4v) is 2.99. The van der Waals surface area contributed by atoms with Crippen LogP contribution >= 0.6 is 23.4 Å². The Balaban J connectivity index is 2.09. The fourth-order valence-electron chi connectivity index (χ4n) is 2.03. The molecule has 2 aliphatic heterocycles. The summed E-state index contributed by atoms with van der Waals surface area (Å²) in [6.45, 7) is 0.444. The van der Waals surface area contributed by atoms with E-state index in [1.165, 1.54) is 34.9 Å². The van der Waals surface area contributed by atoms with E-state index in [1.54, 1.807) is 5.41 Å². The average Bonchev–Trinajstić information content (AvgIpc) is 2.67. The number of imide groups is 1. The number of carbonyl (C=O) groups is 2. The van der Waals surface area contributed by atoms with Crippen molar-refractivity contribution >= 4 is 41.0 Å². The van der Waals surface area contributed by atoms with Crippen LogP contribution in [-0.4, -0.2) is 29.1 Å². The SMILES string of the molecule is O=C1C2=CSCCN2C(=O)N1c1cccc(Cl)c1F. The molecule has 1 saturated heterocycles. The molecule has 98 valence electrons. The van der Waals surface area contributed by atoms with Crippen molar-refractivity contribution < 1.29 is 14.0 Å². The number of benzene rings is 1. The van der Waals surface area contributed by atoms with Crippen LogP contribution in [0.1, 0.15) is 0 Å². The Kier molecular flexibility index (Phi) is 2.99. The fraction of sp³-hybridized carbons (Fsp3) is 0.167. The quantitative estimate of drug-likeness (QED) is 0.749. The van der Waals surface area contributed by atoms with Crippen LogP contribution in [0.3, 0.4) is 0 Å². The summed E-state index contributed by atoms with van der Waals surface area (Å²) in [5.41, 5.74) is 0.184. The van der Waals surface area contributed by atoms with Gasteiger partial charge < -0.3 is 0 Å². The standard InChI is InChI=1S/C12H8ClFN2O2S/c13-7-2-1-3-8(10(7)14)16-11(17)9-6-19-5-4-15(9)12(16)18/h1-3,6H,4-5H2. The molecule has 0 aliphatic carbocycles. The number of hydrogen-bond acceptors (Lipinski definition) is 3. The Bertz CT molecular complexity index is 620. The van der Waals surface area contributed by atoms with E-state index in [0.29, 0.717) is 18.0 Å². The number of anilines is 1. The third kappa shape index (κ3) is 1.82. The molecule has 0 unspecified atom stereocenters. The summed E-state index contributed by atoms with van der Waals surface area (Å²) < 4.78 is 14.0. The number of halogens is 2. The summed E-state index contributed by atoms with van der Waals surface area (Å²) in [5.74, 6) is -0.564. The Hall–Kier alpha value is -1.53. The van der Waals surface area contributed by atoms with Gasteiger partial charge in [-0.15, -0.1) is 11.8 Å². The van der Waals surface area contributed by atoms with Gasteiger partial charge in [-0.1, -0.05) is 17.7 Å². The topological polar surface area (TPSA) is 40.6 Å². The van der Waals surface area contributed by atoms with Crippen molar-refractivity contribution in [3.8, 4) is 0 Å². The Morgan fingerprint density at radius 3 is 2.84 bits per heavy atom. The predicted molar refractivity (Wildman–Crippen MR) is 71.5 cm³/mol. The molecule has 0 atom stereocenters. The summed E-state index contributed by atoms with van der Waals surface area (Å²) in [4.78, 5) is 26.6. The molecule has 7 heteroatoms. The van der Waals surface area contributed by atoms with E-state index in [-0.39, 0.29) is 10.7 Å². The molecule has 2 heterocycles. The van der Waals surface area contributed by atoms with E-state index in [2.05, 4.69) is 0 Å². The molecule has 19 heavy (non-hydrogen) atoms. The molecule has 1 fully saturated rings. The van der Waals surface area contributed by atoms with E-state index < -0.39 is 17.8 Å². The molecule has 0 aromatic heterocycles. The molecule has 0 N–H and O–H groups in total. The highest BCUT2D eigenvalue weighted by molar-refractivity contribution is 8.02. The molecule has 3 rings (SSSR count). The van der Waals surface area contributed by atoms with Gasteiger partial charge in [-0.25, -0.2) is 14.1 Å². The molecular formula is C12H8ClFN2O2S. The van der Waals surface area contributed by atoms with Gasteiger partial charge in [-0.2, -0.15) is 0 Å². The Morgan fingerprint density at radius 2 is 2.11 bits per heavy atom. The Morgan fingerprint density at radius 1 is 1.32 bits per heavy atom. The highest BCUT2D eigenvalue weighted by Crippen LogP contribution is 2.34. The van der Waals surface area contributed by atoms with Crippen molar-refractivity contribution in [2.45, 2.75) is 0 Å². The lowest BCUT2D eigenvalue weighted by atomic mass is 10.2. The number of carbonyl (C=O) groups excluding carboxylic acids is 2. The third-order valence-corrected chi connectivity index (χ3v) is 4.04. The molecule has 0 bridgehead atoms. The van der Waals surface area contributed by atoms with E-state index >= 15 is 0 Å². The summed E-state index contributed by atoms with van der Waals surface area (Å²) in [7, 11) is 0. The average molecular weight is 299 g/mol. The van der Waals surface area contributed by atoms with Gasteiger partial charge in [0.15, 0.2) is 5.82 Å². The monoisotopic (exact) mass is 298 g/mol. The van der Waals surface area contributed by atoms with Gasteiger partial charge >= 0.3 is 6.03 Å². The second-order valence-corrected chi connectivity index (χ2v) is 5.41. The third-order valence-electron chi connectivity index (χ3n) is 2.94. The summed E-state index contributed by atoms with van der Waals surface area (Å²) in [6, 6.07) is 3.71. The molecule has 4 nitrogen and oxygen atoms in total. The maximum atomic E-state index is 14.0. The van der Waals surface area contributed by atoms with Crippen LogP contribution < -0.4 is 4.90 Å². The maximum absolute atomic E-state index is 14.0. The maximum Gasteiger partial charge on any atom is 0.336 e. The second kappa shape index (κ2) is 4.54. The molecule has 3 amide bonds. The van der Waals surface area contributed by atoms with Crippen LogP contribution in [0.25, 0.3) is 0 Å². The zero-order chi connectivity index (χ0) is 13.6. The first-order valence-electron chi connectivity index (χ1n) is 5.53. The molecule has 2 aliphatic rings. The van der Waals surface area contributed by atoms with Crippen molar-refractivity contribution in [2.75, 3.05) is 17.2 Å². The van der Waals surface area contributed by atoms with E-state index in [1.807, 2.05) is 0 Å². The first kappa shape index (κ1) is 12.5. The lowest BCUT2D eigenvalue weighted by Crippen LogP contribution is -2.34. The van der Waals surface area contributed by atoms with Gasteiger partial charge in [0.2, 0.25) is 0 Å². The minimum absolute atomic E-state index is 0.109.